The van der Waals surface area contributed by atoms with Gasteiger partial charge in [0.25, 0.3) is 17.7 Å². The highest BCUT2D eigenvalue weighted by atomic mass is 32.2. The Balaban J connectivity index is 0.787. The van der Waals surface area contributed by atoms with Gasteiger partial charge in [0.2, 0.25) is 11.8 Å². The molecule has 1 saturated heterocycles. The van der Waals surface area contributed by atoms with Gasteiger partial charge in [-0.2, -0.15) is 0 Å². The van der Waals surface area contributed by atoms with Crippen molar-refractivity contribution in [3.8, 4) is 34.5 Å². The predicted octanol–water partition coefficient (Wildman–Crippen LogP) is 5.33. The van der Waals surface area contributed by atoms with E-state index < -0.39 is 45.3 Å². The number of carbonyl (C=O) groups excluding carboxylic acids is 6. The van der Waals surface area contributed by atoms with Crippen molar-refractivity contribution < 1.29 is 60.9 Å². The van der Waals surface area contributed by atoms with Crippen LogP contribution in [-0.4, -0.2) is 97.8 Å². The highest BCUT2D eigenvalue weighted by Gasteiger charge is 2.46. The summed E-state index contributed by atoms with van der Waals surface area (Å²) in [5.41, 5.74) is 1.21. The third-order valence-electron chi connectivity index (χ3n) is 12.2. The fourth-order valence-corrected chi connectivity index (χ4v) is 9.76. The van der Waals surface area contributed by atoms with Gasteiger partial charge in [0.1, 0.15) is 35.6 Å². The first-order valence-electron chi connectivity index (χ1n) is 22.9. The molecule has 5 aromatic rings. The molecular weight excluding hydrogens is 927 g/mol. The number of Topliss-reactive ketones (excluding diaryl/α,β-unsaturated/α-hetero) is 1. The third-order valence-corrected chi connectivity index (χ3v) is 13.9. The van der Waals surface area contributed by atoms with Crippen LogP contribution in [0.5, 0.6) is 34.5 Å². The van der Waals surface area contributed by atoms with Crippen molar-refractivity contribution in [2.24, 2.45) is 14.1 Å². The number of rotatable bonds is 24. The number of imide groups is 2. The second-order valence-corrected chi connectivity index (χ2v) is 19.0. The monoisotopic (exact) mass is 981 g/mol. The number of hydrogen-bond acceptors (Lipinski definition) is 14. The Morgan fingerprint density at radius 3 is 2.09 bits per heavy atom. The molecule has 0 aliphatic carbocycles. The van der Waals surface area contributed by atoms with Crippen LogP contribution in [0.3, 0.4) is 0 Å². The van der Waals surface area contributed by atoms with Gasteiger partial charge >= 0.3 is 5.69 Å². The lowest BCUT2D eigenvalue weighted by molar-refractivity contribution is -0.136. The quantitative estimate of drug-likeness (QED) is 0.0588. The van der Waals surface area contributed by atoms with Crippen LogP contribution >= 0.6 is 0 Å². The lowest BCUT2D eigenvalue weighted by Gasteiger charge is -2.27. The molecular formula is C50H55N5O14S. The summed E-state index contributed by atoms with van der Waals surface area (Å²) in [5.74, 6) is -1.61. The van der Waals surface area contributed by atoms with E-state index in [2.05, 4.69) is 10.6 Å². The number of aromatic nitrogens is 2. The van der Waals surface area contributed by atoms with E-state index in [1.165, 1.54) is 53.7 Å². The number of nitrogens with one attached hydrogen (secondary N) is 2. The second kappa shape index (κ2) is 22.3. The molecule has 4 aromatic carbocycles. The van der Waals surface area contributed by atoms with Crippen LogP contribution in [0.4, 0.5) is 0 Å². The van der Waals surface area contributed by atoms with Crippen LogP contribution in [0.1, 0.15) is 90.5 Å². The van der Waals surface area contributed by atoms with Crippen LogP contribution in [-0.2, 0) is 48.9 Å². The van der Waals surface area contributed by atoms with Gasteiger partial charge < -0.3 is 29.0 Å². The molecule has 20 heteroatoms. The number of aryl methyl sites for hydroxylation is 2. The van der Waals surface area contributed by atoms with E-state index >= 15 is 0 Å². The minimum Gasteiger partial charge on any atom is -0.493 e. The molecule has 1 unspecified atom stereocenters. The first kappa shape index (κ1) is 50.4. The fraction of sp³-hybridized carbons (Fsp3) is 0.380. The summed E-state index contributed by atoms with van der Waals surface area (Å²) in [5, 5.41) is 5.03. The number of methoxy groups -OCH3 is 2. The van der Waals surface area contributed by atoms with Gasteiger partial charge in [0.15, 0.2) is 33.7 Å². The van der Waals surface area contributed by atoms with Gasteiger partial charge in [-0.3, -0.25) is 48.1 Å². The summed E-state index contributed by atoms with van der Waals surface area (Å²) < 4.78 is 58.5. The smallest absolute Gasteiger partial charge is 0.328 e. The average molecular weight is 982 g/mol. The number of imidazole rings is 1. The number of piperidine rings is 1. The topological polar surface area (TPSA) is 237 Å². The van der Waals surface area contributed by atoms with Crippen molar-refractivity contribution in [3.05, 3.63) is 100.0 Å². The van der Waals surface area contributed by atoms with E-state index in [0.717, 1.165) is 43.4 Å². The van der Waals surface area contributed by atoms with E-state index in [1.807, 2.05) is 0 Å². The molecule has 0 spiro atoms. The molecule has 370 valence electrons. The second-order valence-electron chi connectivity index (χ2n) is 17.0. The van der Waals surface area contributed by atoms with E-state index in [0.29, 0.717) is 53.2 Å². The minimum atomic E-state index is -3.93. The van der Waals surface area contributed by atoms with Gasteiger partial charge in [-0.15, -0.1) is 0 Å². The Bertz CT molecular complexity index is 3000. The normalized spacial score (nSPS) is 14.6. The van der Waals surface area contributed by atoms with E-state index in [4.69, 9.17) is 23.7 Å². The van der Waals surface area contributed by atoms with Gasteiger partial charge in [-0.1, -0.05) is 38.2 Å². The Labute approximate surface area is 403 Å². The number of carbonyl (C=O) groups is 6. The van der Waals surface area contributed by atoms with Crippen LogP contribution in [0.15, 0.2) is 82.5 Å². The molecule has 3 heterocycles. The Hall–Kier alpha value is -7.48. The zero-order chi connectivity index (χ0) is 50.1. The minimum absolute atomic E-state index is 0.00281. The van der Waals surface area contributed by atoms with Gasteiger partial charge in [0.05, 0.1) is 47.0 Å². The number of sulfone groups is 1. The summed E-state index contributed by atoms with van der Waals surface area (Å²) in [6.07, 6.45) is 6.43. The van der Waals surface area contributed by atoms with E-state index in [-0.39, 0.29) is 76.7 Å². The van der Waals surface area contributed by atoms with Crippen molar-refractivity contribution in [1.29, 1.82) is 0 Å². The van der Waals surface area contributed by atoms with Crippen LogP contribution < -0.4 is 40.0 Å². The molecule has 0 saturated carbocycles. The maximum atomic E-state index is 13.7. The predicted molar refractivity (Wildman–Crippen MR) is 254 cm³/mol. The zero-order valence-corrected chi connectivity index (χ0v) is 40.2. The number of nitrogens with zero attached hydrogens (tertiary/aromatic N) is 3. The molecule has 7 rings (SSSR count). The molecule has 1 atom stereocenters. The maximum Gasteiger partial charge on any atom is 0.328 e. The lowest BCUT2D eigenvalue weighted by Crippen LogP contribution is -2.54. The average Bonchev–Trinajstić information content (AvgIpc) is 3.72. The number of amides is 5. The molecule has 2 aliphatic heterocycles. The van der Waals surface area contributed by atoms with Crippen molar-refractivity contribution in [3.63, 3.8) is 0 Å². The number of benzene rings is 4. The lowest BCUT2D eigenvalue weighted by atomic mass is 10.0. The third kappa shape index (κ3) is 11.5. The van der Waals surface area contributed by atoms with Gasteiger partial charge in [-0.05, 0) is 73.9 Å². The molecule has 1 fully saturated rings. The number of ether oxygens (including phenoxy) is 5. The maximum absolute atomic E-state index is 13.7. The summed E-state index contributed by atoms with van der Waals surface area (Å²) in [6.45, 7) is 0.0229. The van der Waals surface area contributed by atoms with Crippen LogP contribution in [0.2, 0.25) is 0 Å². The summed E-state index contributed by atoms with van der Waals surface area (Å²) in [4.78, 5) is 89.1. The Kier molecular flexibility index (Phi) is 16.1. The fourth-order valence-electron chi connectivity index (χ4n) is 8.40. The molecule has 1 aromatic heterocycles. The van der Waals surface area contributed by atoms with Crippen molar-refractivity contribution in [1.82, 2.24) is 24.7 Å². The summed E-state index contributed by atoms with van der Waals surface area (Å²) >= 11 is 0. The van der Waals surface area contributed by atoms with Crippen LogP contribution in [0.25, 0.3) is 11.0 Å². The molecule has 2 N–H and O–H groups in total. The molecule has 0 radical (unpaired) electrons. The first-order chi connectivity index (χ1) is 33.6. The molecule has 70 heavy (non-hydrogen) atoms. The summed E-state index contributed by atoms with van der Waals surface area (Å²) in [6, 6.07) is 17.6. The standard InChI is InChI=1S/C50H55N5O14S/c1-53-38-25-31(30-70(63,64)35-20-22-40(65-3)43(26-35)66-4)42(27-39(38)54(2)50(53)62)69-34-18-16-33(17-19-34)67-29-45(58)51-24-11-9-7-5-6-8-10-13-32(56)28-68-41-15-12-14-36-46(41)49(61)55(48(36)60)37-21-23-44(57)52-47(37)59/h12,14-20,22,25-27,37H,5-11,13,21,23-24,28-30H2,1-4H3,(H,51,58)(H,52,57,59). The van der Waals surface area contributed by atoms with E-state index in [1.54, 1.807) is 56.6 Å². The Morgan fingerprint density at radius 2 is 1.39 bits per heavy atom. The summed E-state index contributed by atoms with van der Waals surface area (Å²) in [7, 11) is 2.18. The number of hydrogen-bond donors (Lipinski definition) is 2. The first-order valence-corrected chi connectivity index (χ1v) is 24.5. The number of unbranched alkanes of at least 4 members (excludes halogenated alkanes) is 6. The largest absolute Gasteiger partial charge is 0.493 e. The molecule has 19 nitrogen and oxygen atoms in total. The molecule has 2 aliphatic rings. The Morgan fingerprint density at radius 1 is 0.714 bits per heavy atom. The zero-order valence-electron chi connectivity index (χ0n) is 39.4. The van der Waals surface area contributed by atoms with Crippen molar-refractivity contribution in [2.45, 2.75) is 80.9 Å². The highest BCUT2D eigenvalue weighted by molar-refractivity contribution is 7.90. The van der Waals surface area contributed by atoms with Gasteiger partial charge in [-0.25, -0.2) is 13.2 Å². The molecule has 0 bridgehead atoms. The van der Waals surface area contributed by atoms with Crippen molar-refractivity contribution in [2.75, 3.05) is 34.0 Å². The van der Waals surface area contributed by atoms with Gasteiger partial charge in [0, 0.05) is 51.2 Å². The van der Waals surface area contributed by atoms with Crippen molar-refractivity contribution >= 4 is 56.2 Å². The highest BCUT2D eigenvalue weighted by Crippen LogP contribution is 2.36. The van der Waals surface area contributed by atoms with Crippen LogP contribution in [0, 0.1) is 0 Å². The number of ketones is 1. The van der Waals surface area contributed by atoms with E-state index in [9.17, 15) is 42.0 Å². The SMILES string of the molecule is COc1ccc(S(=O)(=O)Cc2cc3c(cc2Oc2ccc(OCC(=O)NCCCCCCCCCC(=O)COc4cccc5c4C(=O)N(C4CCC(=O)NC4=O)C5=O)cc2)n(C)c(=O)n3C)cc1OC. The number of fused-ring (bicyclic) bond motifs is 2. The molecule has 5 amide bonds.